The average molecular weight is 308 g/mol. The second kappa shape index (κ2) is 8.20. The molecule has 1 aromatic rings. The molecule has 5 heteroatoms. The highest BCUT2D eigenvalue weighted by Crippen LogP contribution is 2.19. The molecule has 92 valence electrons. The summed E-state index contributed by atoms with van der Waals surface area (Å²) in [7, 11) is 0. The van der Waals surface area contributed by atoms with Gasteiger partial charge in [0.15, 0.2) is 6.29 Å². The van der Waals surface area contributed by atoms with Gasteiger partial charge >= 0.3 is 0 Å². The van der Waals surface area contributed by atoms with Gasteiger partial charge in [-0.05, 0) is 35.8 Å². The Kier molecular flexibility index (Phi) is 7.23. The average Bonchev–Trinajstić information content (AvgIpc) is 2.65. The number of rotatable bonds is 8. The van der Waals surface area contributed by atoms with E-state index < -0.39 is 0 Å². The SMILES string of the molecule is CCOC(CNCc1cc(Br)cs1)OCC. The molecular weight excluding hydrogens is 290 g/mol. The number of hydrogen-bond acceptors (Lipinski definition) is 4. The minimum Gasteiger partial charge on any atom is -0.352 e. The number of thiophene rings is 1. The smallest absolute Gasteiger partial charge is 0.169 e. The van der Waals surface area contributed by atoms with Gasteiger partial charge in [-0.25, -0.2) is 0 Å². The van der Waals surface area contributed by atoms with Crippen LogP contribution in [0.3, 0.4) is 0 Å². The molecule has 16 heavy (non-hydrogen) atoms. The topological polar surface area (TPSA) is 30.5 Å². The van der Waals surface area contributed by atoms with Crippen LogP contribution in [0.2, 0.25) is 0 Å². The summed E-state index contributed by atoms with van der Waals surface area (Å²) >= 11 is 5.17. The third-order valence-electron chi connectivity index (χ3n) is 1.94. The summed E-state index contributed by atoms with van der Waals surface area (Å²) in [5.74, 6) is 0. The van der Waals surface area contributed by atoms with E-state index in [2.05, 4.69) is 32.7 Å². The molecule has 0 saturated heterocycles. The van der Waals surface area contributed by atoms with Crippen LogP contribution >= 0.6 is 27.3 Å². The van der Waals surface area contributed by atoms with Crippen molar-refractivity contribution in [1.82, 2.24) is 5.32 Å². The van der Waals surface area contributed by atoms with Gasteiger partial charge in [-0.3, -0.25) is 0 Å². The highest BCUT2D eigenvalue weighted by molar-refractivity contribution is 9.10. The van der Waals surface area contributed by atoms with Gasteiger partial charge in [0.05, 0.1) is 0 Å². The molecule has 1 N–H and O–H groups in total. The highest BCUT2D eigenvalue weighted by atomic mass is 79.9. The lowest BCUT2D eigenvalue weighted by atomic mass is 10.4. The summed E-state index contributed by atoms with van der Waals surface area (Å²) in [6.07, 6.45) is -0.140. The van der Waals surface area contributed by atoms with Crippen molar-refractivity contribution in [2.45, 2.75) is 26.7 Å². The van der Waals surface area contributed by atoms with E-state index in [-0.39, 0.29) is 6.29 Å². The fraction of sp³-hybridized carbons (Fsp3) is 0.636. The van der Waals surface area contributed by atoms with Crippen molar-refractivity contribution in [3.05, 3.63) is 20.8 Å². The number of halogens is 1. The maximum Gasteiger partial charge on any atom is 0.169 e. The molecule has 0 aliphatic carbocycles. The van der Waals surface area contributed by atoms with Crippen molar-refractivity contribution >= 4 is 27.3 Å². The lowest BCUT2D eigenvalue weighted by molar-refractivity contribution is -0.133. The van der Waals surface area contributed by atoms with Crippen LogP contribution in [0, 0.1) is 0 Å². The maximum atomic E-state index is 5.43. The summed E-state index contributed by atoms with van der Waals surface area (Å²) in [6.45, 7) is 6.88. The molecular formula is C11H18BrNO2S. The van der Waals surface area contributed by atoms with Gasteiger partial charge in [-0.2, -0.15) is 0 Å². The van der Waals surface area contributed by atoms with Crippen LogP contribution in [0.25, 0.3) is 0 Å². The molecule has 0 amide bonds. The molecule has 0 spiro atoms. The van der Waals surface area contributed by atoms with Crippen molar-refractivity contribution < 1.29 is 9.47 Å². The van der Waals surface area contributed by atoms with Crippen LogP contribution in [-0.2, 0) is 16.0 Å². The van der Waals surface area contributed by atoms with E-state index in [1.165, 1.54) is 4.88 Å². The maximum absolute atomic E-state index is 5.43. The molecule has 0 saturated carbocycles. The van der Waals surface area contributed by atoms with E-state index in [1.807, 2.05) is 13.8 Å². The van der Waals surface area contributed by atoms with Crippen molar-refractivity contribution in [2.24, 2.45) is 0 Å². The third kappa shape index (κ3) is 5.41. The fourth-order valence-electron chi connectivity index (χ4n) is 1.30. The molecule has 0 radical (unpaired) electrons. The fourth-order valence-corrected chi connectivity index (χ4v) is 2.72. The lowest BCUT2D eigenvalue weighted by Gasteiger charge is -2.17. The van der Waals surface area contributed by atoms with Crippen LogP contribution in [0.5, 0.6) is 0 Å². The van der Waals surface area contributed by atoms with E-state index >= 15 is 0 Å². The van der Waals surface area contributed by atoms with Gasteiger partial charge < -0.3 is 14.8 Å². The minimum atomic E-state index is -0.140. The Morgan fingerprint density at radius 2 is 2.06 bits per heavy atom. The third-order valence-corrected chi connectivity index (χ3v) is 3.63. The molecule has 0 aliphatic rings. The molecule has 1 aromatic heterocycles. The van der Waals surface area contributed by atoms with Gasteiger partial charge in [0, 0.05) is 41.0 Å². The lowest BCUT2D eigenvalue weighted by Crippen LogP contribution is -2.31. The number of nitrogens with one attached hydrogen (secondary N) is 1. The van der Waals surface area contributed by atoms with Crippen LogP contribution < -0.4 is 5.32 Å². The molecule has 0 fully saturated rings. The summed E-state index contributed by atoms with van der Waals surface area (Å²) < 4.78 is 12.0. The Morgan fingerprint density at radius 1 is 1.38 bits per heavy atom. The normalized spacial score (nSPS) is 11.2. The first-order chi connectivity index (χ1) is 7.76. The van der Waals surface area contributed by atoms with E-state index in [0.29, 0.717) is 13.2 Å². The minimum absolute atomic E-state index is 0.140. The van der Waals surface area contributed by atoms with Gasteiger partial charge in [0.2, 0.25) is 0 Å². The Hall–Kier alpha value is 0.0600. The quantitative estimate of drug-likeness (QED) is 0.749. The van der Waals surface area contributed by atoms with E-state index in [0.717, 1.165) is 17.6 Å². The summed E-state index contributed by atoms with van der Waals surface area (Å²) in [4.78, 5) is 1.30. The van der Waals surface area contributed by atoms with E-state index in [1.54, 1.807) is 11.3 Å². The first kappa shape index (κ1) is 14.1. The molecule has 0 aromatic carbocycles. The zero-order chi connectivity index (χ0) is 11.8. The number of hydrogen-bond donors (Lipinski definition) is 1. The van der Waals surface area contributed by atoms with E-state index in [4.69, 9.17) is 9.47 Å². The first-order valence-electron chi connectivity index (χ1n) is 5.43. The van der Waals surface area contributed by atoms with Gasteiger partial charge in [0.25, 0.3) is 0 Å². The zero-order valence-corrected chi connectivity index (χ0v) is 12.1. The number of ether oxygens (including phenoxy) is 2. The second-order valence-electron chi connectivity index (χ2n) is 3.20. The molecule has 0 bridgehead atoms. The van der Waals surface area contributed by atoms with Crippen LogP contribution in [0.4, 0.5) is 0 Å². The Balaban J connectivity index is 2.21. The van der Waals surface area contributed by atoms with Crippen LogP contribution in [-0.4, -0.2) is 26.0 Å². The molecule has 0 unspecified atom stereocenters. The van der Waals surface area contributed by atoms with Gasteiger partial charge in [-0.1, -0.05) is 0 Å². The van der Waals surface area contributed by atoms with Crippen molar-refractivity contribution in [3.8, 4) is 0 Å². The first-order valence-corrected chi connectivity index (χ1v) is 7.10. The van der Waals surface area contributed by atoms with Crippen molar-refractivity contribution in [2.75, 3.05) is 19.8 Å². The van der Waals surface area contributed by atoms with Crippen molar-refractivity contribution in [1.29, 1.82) is 0 Å². The molecule has 1 heterocycles. The molecule has 3 nitrogen and oxygen atoms in total. The predicted octanol–water partition coefficient (Wildman–Crippen LogP) is 3.00. The Morgan fingerprint density at radius 3 is 2.56 bits per heavy atom. The summed E-state index contributed by atoms with van der Waals surface area (Å²) in [6, 6.07) is 2.12. The molecule has 0 aliphatic heterocycles. The van der Waals surface area contributed by atoms with Gasteiger partial charge in [0.1, 0.15) is 0 Å². The van der Waals surface area contributed by atoms with Crippen molar-refractivity contribution in [3.63, 3.8) is 0 Å². The second-order valence-corrected chi connectivity index (χ2v) is 5.11. The molecule has 1 rings (SSSR count). The molecule has 0 atom stereocenters. The van der Waals surface area contributed by atoms with E-state index in [9.17, 15) is 0 Å². The zero-order valence-electron chi connectivity index (χ0n) is 9.66. The predicted molar refractivity (Wildman–Crippen MR) is 70.8 cm³/mol. The monoisotopic (exact) mass is 307 g/mol. The highest BCUT2D eigenvalue weighted by Gasteiger charge is 2.07. The summed E-state index contributed by atoms with van der Waals surface area (Å²) in [5.41, 5.74) is 0. The summed E-state index contributed by atoms with van der Waals surface area (Å²) in [5, 5.41) is 5.41. The van der Waals surface area contributed by atoms with Crippen LogP contribution in [0.15, 0.2) is 15.9 Å². The Labute approximate surface area is 109 Å². The standard InChI is InChI=1S/C11H18BrNO2S/c1-3-14-11(15-4-2)7-13-6-10-5-9(12)8-16-10/h5,8,11,13H,3-4,6-7H2,1-2H3. The van der Waals surface area contributed by atoms with Gasteiger partial charge in [-0.15, -0.1) is 11.3 Å². The Bertz CT molecular complexity index is 287. The van der Waals surface area contributed by atoms with Crippen LogP contribution in [0.1, 0.15) is 18.7 Å². The largest absolute Gasteiger partial charge is 0.352 e.